The van der Waals surface area contributed by atoms with E-state index in [-0.39, 0.29) is 23.6 Å². The number of hydrogen-bond acceptors (Lipinski definition) is 3. The predicted octanol–water partition coefficient (Wildman–Crippen LogP) is 2.00. The number of rotatable bonds is 1. The van der Waals surface area contributed by atoms with Crippen LogP contribution in [0.25, 0.3) is 0 Å². The van der Waals surface area contributed by atoms with E-state index in [9.17, 15) is 9.59 Å². The monoisotopic (exact) mass is 315 g/mol. The third-order valence-corrected chi connectivity index (χ3v) is 5.37. The van der Waals surface area contributed by atoms with Crippen molar-refractivity contribution in [2.24, 2.45) is 5.41 Å². The minimum Gasteiger partial charge on any atom is -0.345 e. The molecule has 0 radical (unpaired) electrons. The van der Waals surface area contributed by atoms with Gasteiger partial charge in [-0.25, -0.2) is 9.63 Å². The molecule has 1 unspecified atom stereocenters. The average Bonchev–Trinajstić information content (AvgIpc) is 3.35. The van der Waals surface area contributed by atoms with Crippen molar-refractivity contribution >= 4 is 11.9 Å². The van der Waals surface area contributed by atoms with E-state index in [0.717, 1.165) is 31.4 Å². The van der Waals surface area contributed by atoms with Gasteiger partial charge >= 0.3 is 6.03 Å². The van der Waals surface area contributed by atoms with Gasteiger partial charge < -0.3 is 9.80 Å². The summed E-state index contributed by atoms with van der Waals surface area (Å²) in [4.78, 5) is 33.9. The summed E-state index contributed by atoms with van der Waals surface area (Å²) in [6.45, 7) is 2.08. The Balaban J connectivity index is 1.36. The molecule has 3 saturated heterocycles. The molecule has 6 nitrogen and oxygen atoms in total. The third kappa shape index (κ3) is 2.37. The molecule has 23 heavy (non-hydrogen) atoms. The Morgan fingerprint density at radius 1 is 1.13 bits per heavy atom. The average molecular weight is 315 g/mol. The largest absolute Gasteiger partial charge is 0.346 e. The maximum absolute atomic E-state index is 12.5. The molecular weight excluding hydrogens is 294 g/mol. The van der Waals surface area contributed by atoms with Gasteiger partial charge in [0.15, 0.2) is 0 Å². The fraction of sp³-hybridized carbons (Fsp3) is 0.529. The molecule has 1 aromatic carbocycles. The highest BCUT2D eigenvalue weighted by Gasteiger charge is 2.50. The molecule has 3 aliphatic rings. The van der Waals surface area contributed by atoms with Crippen molar-refractivity contribution in [3.8, 4) is 0 Å². The molecule has 1 atom stereocenters. The van der Waals surface area contributed by atoms with Crippen LogP contribution in [0.2, 0.25) is 0 Å². The quantitative estimate of drug-likeness (QED) is 0.745. The first-order valence-electron chi connectivity index (χ1n) is 8.16. The molecule has 122 valence electrons. The summed E-state index contributed by atoms with van der Waals surface area (Å²) in [5.41, 5.74) is 0.756. The first-order valence-corrected chi connectivity index (χ1v) is 8.16. The number of nitrogens with zero attached hydrogens (tertiary/aromatic N) is 3. The Morgan fingerprint density at radius 3 is 2.39 bits per heavy atom. The first kappa shape index (κ1) is 14.5. The number of hydroxylamine groups is 2. The van der Waals surface area contributed by atoms with Gasteiger partial charge in [-0.2, -0.15) is 5.06 Å². The second kappa shape index (κ2) is 5.23. The molecule has 0 aliphatic carbocycles. The summed E-state index contributed by atoms with van der Waals surface area (Å²) >= 11 is 0. The summed E-state index contributed by atoms with van der Waals surface area (Å²) in [7, 11) is 1.86. The fourth-order valence-electron chi connectivity index (χ4n) is 3.76. The minimum atomic E-state index is -0.265. The molecule has 3 heterocycles. The van der Waals surface area contributed by atoms with Gasteiger partial charge in [-0.3, -0.25) is 4.79 Å². The Hall–Kier alpha value is -2.08. The van der Waals surface area contributed by atoms with Crippen molar-refractivity contribution < 1.29 is 14.4 Å². The van der Waals surface area contributed by atoms with Gasteiger partial charge in [0.05, 0.1) is 5.41 Å². The molecule has 3 amide bonds. The lowest BCUT2D eigenvalue weighted by molar-refractivity contribution is -0.137. The number of amides is 3. The Labute approximate surface area is 135 Å². The zero-order valence-electron chi connectivity index (χ0n) is 13.3. The second-order valence-corrected chi connectivity index (χ2v) is 6.72. The molecular formula is C17H21N3O3. The van der Waals surface area contributed by atoms with Gasteiger partial charge in [-0.1, -0.05) is 30.3 Å². The van der Waals surface area contributed by atoms with Crippen LogP contribution in [0.5, 0.6) is 0 Å². The number of hydrogen-bond donors (Lipinski definition) is 0. The molecule has 4 rings (SSSR count). The number of likely N-dealkylation sites (tertiary alicyclic amines) is 2. The molecule has 3 aliphatic heterocycles. The normalized spacial score (nSPS) is 26.0. The predicted molar refractivity (Wildman–Crippen MR) is 83.0 cm³/mol. The van der Waals surface area contributed by atoms with Gasteiger partial charge in [-0.05, 0) is 19.3 Å². The standard InChI is InChI=1S/C17H21N3O3/c1-18-10-7-17(15(18)21)8-11-19(12-9-17)16(22)20-14(23-20)13-5-3-2-4-6-13/h2-6,14H,7-12H2,1H3. The van der Waals surface area contributed by atoms with E-state index in [2.05, 4.69) is 0 Å². The van der Waals surface area contributed by atoms with Gasteiger partial charge in [0, 0.05) is 32.2 Å². The molecule has 1 aromatic rings. The van der Waals surface area contributed by atoms with Crippen molar-refractivity contribution in [1.29, 1.82) is 0 Å². The highest BCUT2D eigenvalue weighted by Crippen LogP contribution is 2.43. The van der Waals surface area contributed by atoms with E-state index in [0.29, 0.717) is 13.1 Å². The molecule has 0 aromatic heterocycles. The van der Waals surface area contributed by atoms with Crippen molar-refractivity contribution in [3.63, 3.8) is 0 Å². The first-order chi connectivity index (χ1) is 11.1. The molecule has 1 spiro atoms. The topological polar surface area (TPSA) is 56.2 Å². The van der Waals surface area contributed by atoms with E-state index in [1.807, 2.05) is 42.3 Å². The summed E-state index contributed by atoms with van der Waals surface area (Å²) in [6.07, 6.45) is 2.16. The number of piperidine rings is 1. The van der Waals surface area contributed by atoms with E-state index in [1.54, 1.807) is 4.90 Å². The SMILES string of the molecule is CN1CCC2(CCN(C(=O)N3OC3c3ccccc3)CC2)C1=O. The third-order valence-electron chi connectivity index (χ3n) is 5.37. The Morgan fingerprint density at radius 2 is 1.78 bits per heavy atom. The van der Waals surface area contributed by atoms with Crippen molar-refractivity contribution in [1.82, 2.24) is 14.9 Å². The van der Waals surface area contributed by atoms with Crippen LogP contribution in [0.4, 0.5) is 4.79 Å². The molecule has 0 saturated carbocycles. The maximum Gasteiger partial charge on any atom is 0.346 e. The van der Waals surface area contributed by atoms with E-state index < -0.39 is 0 Å². The Bertz CT molecular complexity index is 625. The van der Waals surface area contributed by atoms with Crippen LogP contribution >= 0.6 is 0 Å². The highest BCUT2D eigenvalue weighted by atomic mass is 16.8. The zero-order valence-corrected chi connectivity index (χ0v) is 13.3. The summed E-state index contributed by atoms with van der Waals surface area (Å²) in [5.74, 6) is 0.245. The lowest BCUT2D eigenvalue weighted by Crippen LogP contribution is -2.47. The van der Waals surface area contributed by atoms with Gasteiger partial charge in [-0.15, -0.1) is 0 Å². The van der Waals surface area contributed by atoms with Crippen molar-refractivity contribution in [2.75, 3.05) is 26.7 Å². The molecule has 0 bridgehead atoms. The van der Waals surface area contributed by atoms with Gasteiger partial charge in [0.2, 0.25) is 12.1 Å². The molecule has 0 N–H and O–H groups in total. The molecule has 6 heteroatoms. The zero-order chi connectivity index (χ0) is 16.0. The maximum atomic E-state index is 12.5. The van der Waals surface area contributed by atoms with Crippen molar-refractivity contribution in [2.45, 2.75) is 25.5 Å². The van der Waals surface area contributed by atoms with Crippen LogP contribution in [-0.2, 0) is 9.63 Å². The highest BCUT2D eigenvalue weighted by molar-refractivity contribution is 5.85. The lowest BCUT2D eigenvalue weighted by Gasteiger charge is -2.37. The summed E-state index contributed by atoms with van der Waals surface area (Å²) in [6, 6.07) is 9.64. The number of benzene rings is 1. The number of carbonyl (C=O) groups excluding carboxylic acids is 2. The van der Waals surface area contributed by atoms with Gasteiger partial charge in [0.25, 0.3) is 0 Å². The van der Waals surface area contributed by atoms with Crippen LogP contribution in [0, 0.1) is 5.41 Å². The van der Waals surface area contributed by atoms with Gasteiger partial charge in [0.1, 0.15) is 0 Å². The van der Waals surface area contributed by atoms with E-state index in [4.69, 9.17) is 4.84 Å². The second-order valence-electron chi connectivity index (χ2n) is 6.72. The smallest absolute Gasteiger partial charge is 0.345 e. The van der Waals surface area contributed by atoms with Crippen LogP contribution < -0.4 is 0 Å². The number of carbonyl (C=O) groups is 2. The minimum absolute atomic E-state index is 0.0903. The van der Waals surface area contributed by atoms with E-state index in [1.165, 1.54) is 5.06 Å². The van der Waals surface area contributed by atoms with Crippen LogP contribution in [0.3, 0.4) is 0 Å². The van der Waals surface area contributed by atoms with Crippen LogP contribution in [-0.4, -0.2) is 53.5 Å². The van der Waals surface area contributed by atoms with Crippen molar-refractivity contribution in [3.05, 3.63) is 35.9 Å². The van der Waals surface area contributed by atoms with Crippen LogP contribution in [0.15, 0.2) is 30.3 Å². The summed E-state index contributed by atoms with van der Waals surface area (Å²) in [5, 5.41) is 1.43. The molecule has 3 fully saturated rings. The fourth-order valence-corrected chi connectivity index (χ4v) is 3.76. The summed E-state index contributed by atoms with van der Waals surface area (Å²) < 4.78 is 0. The Kier molecular flexibility index (Phi) is 3.30. The van der Waals surface area contributed by atoms with Crippen LogP contribution in [0.1, 0.15) is 31.1 Å². The number of urea groups is 1. The van der Waals surface area contributed by atoms with E-state index >= 15 is 0 Å². The lowest BCUT2D eigenvalue weighted by atomic mass is 9.77.